The van der Waals surface area contributed by atoms with Crippen LogP contribution in [0, 0.1) is 0 Å². The number of hydrogen-bond donors (Lipinski definition) is 0. The van der Waals surface area contributed by atoms with Gasteiger partial charge in [0.2, 0.25) is 0 Å². The molecule has 96 valence electrons. The van der Waals surface area contributed by atoms with Crippen molar-refractivity contribution >= 4 is 31.9 Å². The van der Waals surface area contributed by atoms with E-state index in [1.165, 1.54) is 0 Å². The first-order chi connectivity index (χ1) is 8.54. The molecule has 0 aliphatic carbocycles. The van der Waals surface area contributed by atoms with Crippen molar-refractivity contribution in [1.29, 1.82) is 0 Å². The van der Waals surface area contributed by atoms with E-state index in [1.807, 2.05) is 17.8 Å². The highest BCUT2D eigenvalue weighted by atomic mass is 79.9. The fourth-order valence-corrected chi connectivity index (χ4v) is 2.91. The molecule has 0 aromatic carbocycles. The Hall–Kier alpha value is -0.880. The summed E-state index contributed by atoms with van der Waals surface area (Å²) < 4.78 is 5.03. The average molecular weight is 375 g/mol. The molecule has 2 aromatic heterocycles. The van der Waals surface area contributed by atoms with Gasteiger partial charge in [-0.05, 0) is 50.4 Å². The minimum absolute atomic E-state index is 0.0383. The van der Waals surface area contributed by atoms with Crippen molar-refractivity contribution in [3.63, 3.8) is 0 Å². The Balaban J connectivity index is 2.43. The van der Waals surface area contributed by atoms with E-state index < -0.39 is 0 Å². The molecule has 2 rings (SSSR count). The lowest BCUT2D eigenvalue weighted by Crippen LogP contribution is -2.21. The number of aryl methyl sites for hydroxylation is 2. The molecule has 0 saturated carbocycles. The SMILES string of the molecule is CCc1nn(C)c(Cn2cccc(Br)c2=O)c1Br. The minimum Gasteiger partial charge on any atom is -0.309 e. The Bertz CT molecular complexity index is 631. The van der Waals surface area contributed by atoms with Crippen LogP contribution in [0.2, 0.25) is 0 Å². The molecule has 2 aromatic rings. The summed E-state index contributed by atoms with van der Waals surface area (Å²) in [5.41, 5.74) is 1.96. The fourth-order valence-electron chi connectivity index (χ4n) is 1.79. The van der Waals surface area contributed by atoms with E-state index in [4.69, 9.17) is 0 Å². The monoisotopic (exact) mass is 373 g/mol. The van der Waals surface area contributed by atoms with E-state index in [-0.39, 0.29) is 5.56 Å². The highest BCUT2D eigenvalue weighted by Gasteiger charge is 2.13. The lowest BCUT2D eigenvalue weighted by molar-refractivity contribution is 0.646. The molecule has 0 radical (unpaired) electrons. The predicted octanol–water partition coefficient (Wildman–Crippen LogP) is 2.72. The molecule has 0 bridgehead atoms. The van der Waals surface area contributed by atoms with Gasteiger partial charge in [-0.25, -0.2) is 0 Å². The van der Waals surface area contributed by atoms with Gasteiger partial charge in [-0.3, -0.25) is 9.48 Å². The smallest absolute Gasteiger partial charge is 0.265 e. The zero-order chi connectivity index (χ0) is 13.3. The first-order valence-electron chi connectivity index (χ1n) is 5.59. The second kappa shape index (κ2) is 5.40. The summed E-state index contributed by atoms with van der Waals surface area (Å²) in [6, 6.07) is 3.59. The number of hydrogen-bond acceptors (Lipinski definition) is 2. The largest absolute Gasteiger partial charge is 0.309 e. The maximum atomic E-state index is 11.9. The Kier molecular flexibility index (Phi) is 4.07. The summed E-state index contributed by atoms with van der Waals surface area (Å²) in [6.45, 7) is 2.56. The van der Waals surface area contributed by atoms with Gasteiger partial charge in [-0.2, -0.15) is 5.10 Å². The highest BCUT2D eigenvalue weighted by Crippen LogP contribution is 2.22. The van der Waals surface area contributed by atoms with Crippen LogP contribution in [0.3, 0.4) is 0 Å². The Labute approximate surface area is 122 Å². The molecule has 0 aliphatic heterocycles. The molecule has 2 heterocycles. The summed E-state index contributed by atoms with van der Waals surface area (Å²) >= 11 is 6.80. The van der Waals surface area contributed by atoms with Crippen molar-refractivity contribution in [2.24, 2.45) is 7.05 Å². The van der Waals surface area contributed by atoms with Gasteiger partial charge in [0, 0.05) is 13.2 Å². The van der Waals surface area contributed by atoms with Crippen molar-refractivity contribution in [3.8, 4) is 0 Å². The third-order valence-electron chi connectivity index (χ3n) is 2.80. The van der Waals surface area contributed by atoms with Crippen molar-refractivity contribution in [3.05, 3.63) is 49.0 Å². The van der Waals surface area contributed by atoms with Crippen LogP contribution in [-0.2, 0) is 20.0 Å². The molecular weight excluding hydrogens is 362 g/mol. The first-order valence-corrected chi connectivity index (χ1v) is 7.18. The molecule has 0 N–H and O–H groups in total. The lowest BCUT2D eigenvalue weighted by Gasteiger charge is -2.07. The summed E-state index contributed by atoms with van der Waals surface area (Å²) in [5, 5.41) is 4.42. The van der Waals surface area contributed by atoms with Gasteiger partial charge in [-0.1, -0.05) is 6.92 Å². The molecule has 0 atom stereocenters. The summed E-state index contributed by atoms with van der Waals surface area (Å²) in [4.78, 5) is 11.9. The first kappa shape index (κ1) is 13.5. The van der Waals surface area contributed by atoms with E-state index in [9.17, 15) is 4.79 Å². The summed E-state index contributed by atoms with van der Waals surface area (Å²) in [5.74, 6) is 0. The number of nitrogens with zero attached hydrogens (tertiary/aromatic N) is 3. The standard InChI is InChI=1S/C12H13Br2N3O/c1-3-9-11(14)10(16(2)15-9)7-17-6-4-5-8(13)12(17)18/h4-6H,3,7H2,1-2H3. The van der Waals surface area contributed by atoms with Gasteiger partial charge < -0.3 is 4.57 Å². The van der Waals surface area contributed by atoms with Crippen LogP contribution in [0.4, 0.5) is 0 Å². The van der Waals surface area contributed by atoms with Crippen molar-refractivity contribution in [1.82, 2.24) is 14.3 Å². The van der Waals surface area contributed by atoms with Crippen molar-refractivity contribution in [2.75, 3.05) is 0 Å². The summed E-state index contributed by atoms with van der Waals surface area (Å²) in [7, 11) is 1.89. The van der Waals surface area contributed by atoms with E-state index in [0.717, 1.165) is 22.3 Å². The number of aromatic nitrogens is 3. The molecule has 18 heavy (non-hydrogen) atoms. The van der Waals surface area contributed by atoms with E-state index >= 15 is 0 Å². The molecule has 0 saturated heterocycles. The Morgan fingerprint density at radius 1 is 1.39 bits per heavy atom. The third kappa shape index (κ3) is 2.44. The molecule has 0 fully saturated rings. The third-order valence-corrected chi connectivity index (χ3v) is 4.32. The fraction of sp³-hybridized carbons (Fsp3) is 0.333. The second-order valence-corrected chi connectivity index (χ2v) is 5.62. The van der Waals surface area contributed by atoms with Crippen LogP contribution in [0.15, 0.2) is 32.1 Å². The molecule has 6 heteroatoms. The van der Waals surface area contributed by atoms with Gasteiger partial charge >= 0.3 is 0 Å². The zero-order valence-corrected chi connectivity index (χ0v) is 13.3. The Morgan fingerprint density at radius 2 is 2.11 bits per heavy atom. The van der Waals surface area contributed by atoms with Gasteiger partial charge in [0.05, 0.1) is 26.9 Å². The number of rotatable bonds is 3. The maximum absolute atomic E-state index is 11.9. The van der Waals surface area contributed by atoms with Crippen molar-refractivity contribution < 1.29 is 0 Å². The quantitative estimate of drug-likeness (QED) is 0.828. The van der Waals surface area contributed by atoms with Gasteiger partial charge in [-0.15, -0.1) is 0 Å². The number of pyridine rings is 1. The van der Waals surface area contributed by atoms with Crippen LogP contribution >= 0.6 is 31.9 Å². The number of halogens is 2. The second-order valence-electron chi connectivity index (χ2n) is 3.97. The molecular formula is C12H13Br2N3O. The molecule has 0 unspecified atom stereocenters. The van der Waals surface area contributed by atoms with Gasteiger partial charge in [0.15, 0.2) is 0 Å². The van der Waals surface area contributed by atoms with E-state index in [0.29, 0.717) is 11.0 Å². The van der Waals surface area contributed by atoms with Crippen LogP contribution in [-0.4, -0.2) is 14.3 Å². The van der Waals surface area contributed by atoms with Crippen LogP contribution in [0.25, 0.3) is 0 Å². The summed E-state index contributed by atoms with van der Waals surface area (Å²) in [6.07, 6.45) is 2.64. The Morgan fingerprint density at radius 3 is 2.72 bits per heavy atom. The molecule has 4 nitrogen and oxygen atoms in total. The zero-order valence-electron chi connectivity index (χ0n) is 10.2. The van der Waals surface area contributed by atoms with Gasteiger partial charge in [0.25, 0.3) is 5.56 Å². The maximum Gasteiger partial charge on any atom is 0.265 e. The van der Waals surface area contributed by atoms with E-state index in [1.54, 1.807) is 16.8 Å². The minimum atomic E-state index is -0.0383. The topological polar surface area (TPSA) is 39.8 Å². The van der Waals surface area contributed by atoms with Crippen LogP contribution < -0.4 is 5.56 Å². The van der Waals surface area contributed by atoms with Crippen LogP contribution in [0.1, 0.15) is 18.3 Å². The molecule has 0 amide bonds. The van der Waals surface area contributed by atoms with Gasteiger partial charge in [0.1, 0.15) is 0 Å². The molecule has 0 aliphatic rings. The normalized spacial score (nSPS) is 10.9. The van der Waals surface area contributed by atoms with Crippen LogP contribution in [0.5, 0.6) is 0 Å². The lowest BCUT2D eigenvalue weighted by atomic mass is 10.3. The van der Waals surface area contributed by atoms with Crippen molar-refractivity contribution in [2.45, 2.75) is 19.9 Å². The average Bonchev–Trinajstić information content (AvgIpc) is 2.62. The van der Waals surface area contributed by atoms with E-state index in [2.05, 4.69) is 43.9 Å². The predicted molar refractivity (Wildman–Crippen MR) is 77.8 cm³/mol. The molecule has 0 spiro atoms. The highest BCUT2D eigenvalue weighted by molar-refractivity contribution is 9.10.